The number of aldehydes is 1. The van der Waals surface area contributed by atoms with Crippen LogP contribution < -0.4 is 10.3 Å². The van der Waals surface area contributed by atoms with Gasteiger partial charge in [0.2, 0.25) is 12.0 Å². The first-order valence-corrected chi connectivity index (χ1v) is 5.32. The van der Waals surface area contributed by atoms with Gasteiger partial charge in [-0.15, -0.1) is 0 Å². The highest BCUT2D eigenvalue weighted by Gasteiger charge is 2.22. The molecule has 0 fully saturated rings. The summed E-state index contributed by atoms with van der Waals surface area (Å²) in [4.78, 5) is 21.9. The number of rotatable bonds is 3. The molecule has 5 nitrogen and oxygen atoms in total. The number of carbonyl (C=O) groups excluding carboxylic acids is 1. The summed E-state index contributed by atoms with van der Waals surface area (Å²) in [6.45, 7) is 4.19. The molecule has 0 aliphatic heterocycles. The Kier molecular flexibility index (Phi) is 2.91. The monoisotopic (exact) mass is 233 g/mol. The fourth-order valence-corrected chi connectivity index (χ4v) is 1.58. The second-order valence-corrected chi connectivity index (χ2v) is 4.07. The summed E-state index contributed by atoms with van der Waals surface area (Å²) in [7, 11) is 0. The lowest BCUT2D eigenvalue weighted by Gasteiger charge is -2.02. The predicted octanol–water partition coefficient (Wildman–Crippen LogP) is 1.18. The number of hydrogen-bond acceptors (Lipinski definition) is 3. The topological polar surface area (TPSA) is 67.0 Å². The smallest absolute Gasteiger partial charge is 0.291 e. The molecule has 0 bridgehead atoms. The van der Waals surface area contributed by atoms with E-state index in [-0.39, 0.29) is 5.69 Å². The molecule has 0 radical (unpaired) electrons. The standard InChI is InChI=1S/C12H12N2O3/c1-8(2)9-3-5-10(6-4-9)14-11(7-15)12(16)17-13-14/h3-8H,1-2H3/p+1. The lowest BCUT2D eigenvalue weighted by molar-refractivity contribution is -0.671. The molecule has 1 aromatic carbocycles. The van der Waals surface area contributed by atoms with Crippen LogP contribution in [0.25, 0.3) is 5.69 Å². The van der Waals surface area contributed by atoms with Crippen LogP contribution in [0.3, 0.4) is 0 Å². The summed E-state index contributed by atoms with van der Waals surface area (Å²) in [5.41, 5.74) is 1.14. The molecule has 5 heteroatoms. The number of aromatic amines is 1. The SMILES string of the molecule is CC(C)c1ccc(-[n+]2[nH]oc(=O)c2C=O)cc1. The molecular weight excluding hydrogens is 220 g/mol. The Morgan fingerprint density at radius 1 is 1.29 bits per heavy atom. The van der Waals surface area contributed by atoms with Gasteiger partial charge in [0.1, 0.15) is 0 Å². The van der Waals surface area contributed by atoms with E-state index in [0.717, 1.165) is 0 Å². The number of nitrogens with one attached hydrogen (secondary N) is 1. The van der Waals surface area contributed by atoms with E-state index in [4.69, 9.17) is 0 Å². The lowest BCUT2D eigenvalue weighted by atomic mass is 10.0. The Morgan fingerprint density at radius 2 is 1.94 bits per heavy atom. The molecule has 0 amide bonds. The molecule has 0 saturated carbocycles. The van der Waals surface area contributed by atoms with Crippen LogP contribution in [0.5, 0.6) is 0 Å². The zero-order chi connectivity index (χ0) is 12.4. The van der Waals surface area contributed by atoms with Crippen molar-refractivity contribution in [2.75, 3.05) is 0 Å². The van der Waals surface area contributed by atoms with Gasteiger partial charge >= 0.3 is 11.3 Å². The van der Waals surface area contributed by atoms with Crippen molar-refractivity contribution in [1.82, 2.24) is 5.27 Å². The van der Waals surface area contributed by atoms with Gasteiger partial charge in [0.05, 0.1) is 0 Å². The Hall–Kier alpha value is -2.17. The average molecular weight is 233 g/mol. The Labute approximate surface area is 97.6 Å². The maximum Gasteiger partial charge on any atom is 0.438 e. The van der Waals surface area contributed by atoms with Crippen molar-refractivity contribution < 1.29 is 14.0 Å². The molecule has 0 saturated heterocycles. The van der Waals surface area contributed by atoms with Crippen LogP contribution in [0.4, 0.5) is 0 Å². The number of aromatic nitrogens is 2. The first-order chi connectivity index (χ1) is 8.13. The second-order valence-electron chi connectivity index (χ2n) is 4.07. The zero-order valence-electron chi connectivity index (χ0n) is 9.64. The largest absolute Gasteiger partial charge is 0.438 e. The minimum atomic E-state index is -0.673. The fourth-order valence-electron chi connectivity index (χ4n) is 1.58. The average Bonchev–Trinajstić information content (AvgIpc) is 2.70. The molecule has 0 spiro atoms. The summed E-state index contributed by atoms with van der Waals surface area (Å²) in [5, 5.41) is 2.39. The summed E-state index contributed by atoms with van der Waals surface area (Å²) in [5.74, 6) is 0.433. The number of carbonyl (C=O) groups is 1. The molecule has 0 aliphatic carbocycles. The Morgan fingerprint density at radius 3 is 2.47 bits per heavy atom. The van der Waals surface area contributed by atoms with E-state index in [1.165, 1.54) is 10.2 Å². The van der Waals surface area contributed by atoms with E-state index >= 15 is 0 Å². The fraction of sp³-hybridized carbons (Fsp3) is 0.250. The van der Waals surface area contributed by atoms with Crippen molar-refractivity contribution in [3.8, 4) is 5.69 Å². The van der Waals surface area contributed by atoms with Gasteiger partial charge in [-0.3, -0.25) is 9.32 Å². The van der Waals surface area contributed by atoms with Crippen LogP contribution in [-0.4, -0.2) is 11.6 Å². The number of benzene rings is 1. The number of nitrogens with zero attached hydrogens (tertiary/aromatic N) is 1. The second kappa shape index (κ2) is 4.37. The van der Waals surface area contributed by atoms with E-state index in [1.54, 1.807) is 0 Å². The summed E-state index contributed by atoms with van der Waals surface area (Å²) in [6.07, 6.45) is 0.471. The molecule has 0 unspecified atom stereocenters. The van der Waals surface area contributed by atoms with Gasteiger partial charge < -0.3 is 0 Å². The predicted molar refractivity (Wildman–Crippen MR) is 60.3 cm³/mol. The zero-order valence-corrected chi connectivity index (χ0v) is 9.64. The van der Waals surface area contributed by atoms with E-state index in [9.17, 15) is 9.59 Å². The van der Waals surface area contributed by atoms with Crippen LogP contribution in [0.2, 0.25) is 0 Å². The van der Waals surface area contributed by atoms with Crippen LogP contribution in [0.15, 0.2) is 33.6 Å². The maximum absolute atomic E-state index is 11.2. The van der Waals surface area contributed by atoms with Crippen molar-refractivity contribution in [3.05, 3.63) is 45.9 Å². The molecule has 0 atom stereocenters. The van der Waals surface area contributed by atoms with Crippen molar-refractivity contribution in [1.29, 1.82) is 0 Å². The molecule has 1 heterocycles. The van der Waals surface area contributed by atoms with Gasteiger partial charge in [-0.05, 0) is 21.4 Å². The highest BCUT2D eigenvalue weighted by atomic mass is 16.5. The van der Waals surface area contributed by atoms with Crippen LogP contribution in [-0.2, 0) is 0 Å². The van der Waals surface area contributed by atoms with Crippen LogP contribution in [0.1, 0.15) is 35.8 Å². The molecule has 17 heavy (non-hydrogen) atoms. The van der Waals surface area contributed by atoms with Crippen molar-refractivity contribution in [3.63, 3.8) is 0 Å². The van der Waals surface area contributed by atoms with Crippen molar-refractivity contribution >= 4 is 6.29 Å². The van der Waals surface area contributed by atoms with Crippen LogP contribution in [0, 0.1) is 0 Å². The molecular formula is C12H13N2O3+. The highest BCUT2D eigenvalue weighted by molar-refractivity contribution is 5.68. The van der Waals surface area contributed by atoms with Gasteiger partial charge in [0.15, 0.2) is 0 Å². The third kappa shape index (κ3) is 2.04. The van der Waals surface area contributed by atoms with E-state index in [1.807, 2.05) is 24.3 Å². The van der Waals surface area contributed by atoms with E-state index in [0.29, 0.717) is 17.9 Å². The summed E-state index contributed by atoms with van der Waals surface area (Å²) < 4.78 is 5.89. The van der Waals surface area contributed by atoms with Crippen molar-refractivity contribution in [2.24, 2.45) is 0 Å². The molecule has 1 N–H and O–H groups in total. The third-order valence-corrected chi connectivity index (χ3v) is 2.61. The molecule has 88 valence electrons. The first-order valence-electron chi connectivity index (χ1n) is 5.32. The normalized spacial score (nSPS) is 10.8. The Balaban J connectivity index is 2.46. The van der Waals surface area contributed by atoms with Gasteiger partial charge in [-0.1, -0.05) is 26.0 Å². The lowest BCUT2D eigenvalue weighted by Crippen LogP contribution is -2.38. The molecule has 1 aromatic heterocycles. The van der Waals surface area contributed by atoms with E-state index in [2.05, 4.69) is 23.6 Å². The summed E-state index contributed by atoms with van der Waals surface area (Å²) in [6, 6.07) is 7.56. The highest BCUT2D eigenvalue weighted by Crippen LogP contribution is 2.14. The summed E-state index contributed by atoms with van der Waals surface area (Å²) >= 11 is 0. The molecule has 2 rings (SSSR count). The van der Waals surface area contributed by atoms with Gasteiger partial charge in [0, 0.05) is 12.1 Å². The minimum absolute atomic E-state index is 0.0534. The van der Waals surface area contributed by atoms with E-state index < -0.39 is 5.63 Å². The first kappa shape index (κ1) is 11.3. The number of H-pyrrole nitrogens is 1. The van der Waals surface area contributed by atoms with Crippen LogP contribution >= 0.6 is 0 Å². The third-order valence-electron chi connectivity index (χ3n) is 2.61. The molecule has 0 aliphatic rings. The van der Waals surface area contributed by atoms with Gasteiger partial charge in [0.25, 0.3) is 0 Å². The molecule has 2 aromatic rings. The maximum atomic E-state index is 11.2. The quantitative estimate of drug-likeness (QED) is 0.639. The van der Waals surface area contributed by atoms with Gasteiger partial charge in [-0.25, -0.2) is 4.79 Å². The number of hydrogen-bond donors (Lipinski definition) is 1. The van der Waals surface area contributed by atoms with Gasteiger partial charge in [-0.2, -0.15) is 0 Å². The minimum Gasteiger partial charge on any atom is -0.291 e. The Bertz CT molecular complexity index is 579. The van der Waals surface area contributed by atoms with Crippen molar-refractivity contribution in [2.45, 2.75) is 19.8 Å².